The van der Waals surface area contributed by atoms with Crippen LogP contribution in [0, 0.1) is 13.8 Å². The summed E-state index contributed by atoms with van der Waals surface area (Å²) in [7, 11) is 0. The van der Waals surface area contributed by atoms with Crippen LogP contribution in [-0.4, -0.2) is 14.5 Å². The lowest BCUT2D eigenvalue weighted by Gasteiger charge is -2.07. The number of hydrogen-bond acceptors (Lipinski definition) is 4. The molecule has 0 aliphatic carbocycles. The third-order valence-corrected chi connectivity index (χ3v) is 3.49. The van der Waals surface area contributed by atoms with Crippen LogP contribution in [0.4, 0.5) is 0 Å². The minimum Gasteiger partial charge on any atom is -0.372 e. The molecule has 0 radical (unpaired) electrons. The lowest BCUT2D eigenvalue weighted by Crippen LogP contribution is -2.16. The van der Waals surface area contributed by atoms with Crippen LogP contribution in [0.2, 0.25) is 0 Å². The average Bonchev–Trinajstić information content (AvgIpc) is 2.65. The lowest BCUT2D eigenvalue weighted by atomic mass is 10.2. The van der Waals surface area contributed by atoms with Crippen LogP contribution in [0.15, 0.2) is 38.4 Å². The van der Waals surface area contributed by atoms with Gasteiger partial charge in [0.05, 0.1) is 12.2 Å². The van der Waals surface area contributed by atoms with Crippen molar-refractivity contribution in [1.29, 1.82) is 0 Å². The number of H-pyrrole nitrogens is 1. The van der Waals surface area contributed by atoms with E-state index in [9.17, 15) is 9.59 Å². The Morgan fingerprint density at radius 2 is 2.10 bits per heavy atom. The molecule has 0 atom stereocenters. The Labute approximate surface area is 113 Å². The number of rotatable bonds is 2. The maximum absolute atomic E-state index is 11.8. The summed E-state index contributed by atoms with van der Waals surface area (Å²) < 4.78 is 6.46. The first-order valence-electron chi connectivity index (χ1n) is 6.20. The molecule has 0 aliphatic heterocycles. The van der Waals surface area contributed by atoms with Gasteiger partial charge in [-0.2, -0.15) is 0 Å². The molecule has 3 aromatic rings. The Balaban J connectivity index is 2.28. The van der Waals surface area contributed by atoms with Gasteiger partial charge >= 0.3 is 11.4 Å². The lowest BCUT2D eigenvalue weighted by molar-refractivity contribution is 0.458. The van der Waals surface area contributed by atoms with Crippen molar-refractivity contribution >= 4 is 11.0 Å². The summed E-state index contributed by atoms with van der Waals surface area (Å²) >= 11 is 0. The monoisotopic (exact) mass is 271 g/mol. The fourth-order valence-corrected chi connectivity index (χ4v) is 2.35. The second kappa shape index (κ2) is 4.48. The van der Waals surface area contributed by atoms with E-state index >= 15 is 0 Å². The zero-order valence-electron chi connectivity index (χ0n) is 11.1. The van der Waals surface area contributed by atoms with Crippen molar-refractivity contribution in [1.82, 2.24) is 14.5 Å². The van der Waals surface area contributed by atoms with E-state index in [1.165, 1.54) is 0 Å². The number of fused-ring (bicyclic) bond motifs is 1. The molecular formula is C14H13N3O3. The zero-order chi connectivity index (χ0) is 14.3. The first-order chi connectivity index (χ1) is 9.58. The van der Waals surface area contributed by atoms with Crippen LogP contribution in [0.3, 0.4) is 0 Å². The average molecular weight is 271 g/mol. The fraction of sp³-hybridized carbons (Fsp3) is 0.214. The van der Waals surface area contributed by atoms with Crippen molar-refractivity contribution < 1.29 is 4.42 Å². The van der Waals surface area contributed by atoms with Gasteiger partial charge in [-0.3, -0.25) is 9.97 Å². The Hall–Kier alpha value is -2.63. The normalized spacial score (nSPS) is 11.1. The fourth-order valence-electron chi connectivity index (χ4n) is 2.35. The maximum Gasteiger partial charge on any atom is 0.420 e. The third-order valence-electron chi connectivity index (χ3n) is 3.49. The molecule has 0 aliphatic rings. The molecule has 0 amide bonds. The highest BCUT2D eigenvalue weighted by atomic mass is 16.4. The molecule has 0 bridgehead atoms. The number of aromatic nitrogens is 3. The van der Waals surface area contributed by atoms with E-state index in [1.54, 1.807) is 6.20 Å². The van der Waals surface area contributed by atoms with Gasteiger partial charge in [0.25, 0.3) is 0 Å². The largest absolute Gasteiger partial charge is 0.420 e. The quantitative estimate of drug-likeness (QED) is 0.762. The molecule has 0 spiro atoms. The van der Waals surface area contributed by atoms with Crippen LogP contribution < -0.4 is 11.4 Å². The van der Waals surface area contributed by atoms with E-state index in [0.717, 1.165) is 17.0 Å². The zero-order valence-corrected chi connectivity index (χ0v) is 11.1. The highest BCUT2D eigenvalue weighted by Crippen LogP contribution is 2.20. The predicted molar refractivity (Wildman–Crippen MR) is 73.9 cm³/mol. The third kappa shape index (κ3) is 1.85. The molecule has 0 unspecified atom stereocenters. The first kappa shape index (κ1) is 12.4. The molecule has 0 fully saturated rings. The topological polar surface area (TPSA) is 80.9 Å². The molecule has 0 saturated heterocycles. The molecule has 3 rings (SSSR count). The van der Waals surface area contributed by atoms with Gasteiger partial charge in [-0.1, -0.05) is 6.07 Å². The van der Waals surface area contributed by atoms with E-state index in [4.69, 9.17) is 0 Å². The summed E-state index contributed by atoms with van der Waals surface area (Å²) in [6.07, 6.45) is 1.71. The Morgan fingerprint density at radius 1 is 1.30 bits per heavy atom. The second-order valence-corrected chi connectivity index (χ2v) is 4.64. The molecule has 1 N–H and O–H groups in total. The van der Waals surface area contributed by atoms with Crippen LogP contribution in [-0.2, 0) is 6.54 Å². The number of nitrogens with zero attached hydrogens (tertiary/aromatic N) is 2. The number of aromatic amines is 1. The van der Waals surface area contributed by atoms with Gasteiger partial charge in [-0.15, -0.1) is 0 Å². The van der Waals surface area contributed by atoms with E-state index in [-0.39, 0.29) is 0 Å². The Bertz CT molecular complexity index is 888. The van der Waals surface area contributed by atoms with Crippen LogP contribution in [0.1, 0.15) is 17.0 Å². The standard InChI is InChI=1S/C14H13N3O3/c1-8-9(2)17(7-10-5-3-4-6-15-10)12-11(8)13(18)20-14(19)16-12/h3-6H,7H2,1-2H3,(H,16,19). The van der Waals surface area contributed by atoms with E-state index in [1.807, 2.05) is 36.6 Å². The van der Waals surface area contributed by atoms with Crippen LogP contribution in [0.25, 0.3) is 11.0 Å². The van der Waals surface area contributed by atoms with Gasteiger partial charge in [0.1, 0.15) is 11.0 Å². The summed E-state index contributed by atoms with van der Waals surface area (Å²) in [6.45, 7) is 4.22. The Morgan fingerprint density at radius 3 is 2.80 bits per heavy atom. The van der Waals surface area contributed by atoms with Crippen molar-refractivity contribution in [3.05, 3.63) is 62.3 Å². The molecule has 102 valence electrons. The molecule has 0 saturated carbocycles. The second-order valence-electron chi connectivity index (χ2n) is 4.64. The number of pyridine rings is 1. The predicted octanol–water partition coefficient (Wildman–Crippen LogP) is 1.34. The highest BCUT2D eigenvalue weighted by Gasteiger charge is 2.16. The SMILES string of the molecule is Cc1c(C)n(Cc2ccccn2)c2[nH]c(=O)oc(=O)c12. The van der Waals surface area contributed by atoms with Crippen molar-refractivity contribution in [3.63, 3.8) is 0 Å². The maximum atomic E-state index is 11.8. The van der Waals surface area contributed by atoms with E-state index in [2.05, 4.69) is 14.4 Å². The number of hydrogen-bond donors (Lipinski definition) is 1. The van der Waals surface area contributed by atoms with Gasteiger partial charge in [-0.05, 0) is 31.5 Å². The van der Waals surface area contributed by atoms with Gasteiger partial charge in [0.15, 0.2) is 0 Å². The van der Waals surface area contributed by atoms with Crippen LogP contribution in [0.5, 0.6) is 0 Å². The van der Waals surface area contributed by atoms with Gasteiger partial charge in [-0.25, -0.2) is 9.59 Å². The van der Waals surface area contributed by atoms with Crippen molar-refractivity contribution in [2.24, 2.45) is 0 Å². The van der Waals surface area contributed by atoms with E-state index < -0.39 is 11.4 Å². The number of nitrogens with one attached hydrogen (secondary N) is 1. The number of aryl methyl sites for hydroxylation is 1. The van der Waals surface area contributed by atoms with Crippen molar-refractivity contribution in [3.8, 4) is 0 Å². The summed E-state index contributed by atoms with van der Waals surface area (Å²) in [5.74, 6) is -0.748. The minimum atomic E-state index is -0.748. The molecule has 0 aromatic carbocycles. The van der Waals surface area contributed by atoms with Crippen molar-refractivity contribution in [2.45, 2.75) is 20.4 Å². The van der Waals surface area contributed by atoms with E-state index in [0.29, 0.717) is 17.6 Å². The summed E-state index contributed by atoms with van der Waals surface area (Å²) in [5.41, 5.74) is 2.43. The molecule has 3 aromatic heterocycles. The van der Waals surface area contributed by atoms with Gasteiger partial charge < -0.3 is 8.98 Å². The summed E-state index contributed by atoms with van der Waals surface area (Å²) in [6, 6.07) is 5.63. The highest BCUT2D eigenvalue weighted by molar-refractivity contribution is 5.80. The molecule has 20 heavy (non-hydrogen) atoms. The molecule has 3 heterocycles. The van der Waals surface area contributed by atoms with Crippen LogP contribution >= 0.6 is 0 Å². The summed E-state index contributed by atoms with van der Waals surface area (Å²) in [5, 5.41) is 0.415. The van der Waals surface area contributed by atoms with Gasteiger partial charge in [0, 0.05) is 11.9 Å². The smallest absolute Gasteiger partial charge is 0.372 e. The summed E-state index contributed by atoms with van der Waals surface area (Å²) in [4.78, 5) is 30.1. The molecular weight excluding hydrogens is 258 g/mol. The molecule has 6 nitrogen and oxygen atoms in total. The van der Waals surface area contributed by atoms with Gasteiger partial charge in [0.2, 0.25) is 0 Å². The Kier molecular flexibility index (Phi) is 2.78. The first-order valence-corrected chi connectivity index (χ1v) is 6.20. The minimum absolute atomic E-state index is 0.415. The molecule has 6 heteroatoms. The van der Waals surface area contributed by atoms with Crippen molar-refractivity contribution in [2.75, 3.05) is 0 Å².